The molecule has 0 aliphatic carbocycles. The monoisotopic (exact) mass is 293 g/mol. The van der Waals surface area contributed by atoms with Gasteiger partial charge in [0.25, 0.3) is 0 Å². The van der Waals surface area contributed by atoms with Crippen LogP contribution in [0.25, 0.3) is 5.69 Å². The first-order valence-corrected chi connectivity index (χ1v) is 7.39. The molecule has 4 heteroatoms. The minimum absolute atomic E-state index is 0.328. The van der Waals surface area contributed by atoms with E-state index in [0.717, 1.165) is 35.3 Å². The highest BCUT2D eigenvalue weighted by molar-refractivity contribution is 5.40. The second-order valence-electron chi connectivity index (χ2n) is 5.55. The molecule has 22 heavy (non-hydrogen) atoms. The summed E-state index contributed by atoms with van der Waals surface area (Å²) in [6.07, 6.45) is 3.70. The van der Waals surface area contributed by atoms with Gasteiger partial charge in [0, 0.05) is 0 Å². The molecule has 0 unspecified atom stereocenters. The Hall–Kier alpha value is -2.62. The summed E-state index contributed by atoms with van der Waals surface area (Å²) in [5, 5.41) is 18.0. The summed E-state index contributed by atoms with van der Waals surface area (Å²) in [5.74, 6) is 0.328. The van der Waals surface area contributed by atoms with Crippen molar-refractivity contribution in [2.45, 2.75) is 26.7 Å². The Bertz CT molecular complexity index is 755. The van der Waals surface area contributed by atoms with Crippen molar-refractivity contribution in [3.63, 3.8) is 0 Å². The topological polar surface area (TPSA) is 50.9 Å². The number of hydrogen-bond donors (Lipinski definition) is 1. The molecule has 0 saturated carbocycles. The van der Waals surface area contributed by atoms with Gasteiger partial charge in [-0.15, -0.1) is 5.10 Å². The molecule has 0 aliphatic heterocycles. The zero-order chi connectivity index (χ0) is 15.5. The fourth-order valence-corrected chi connectivity index (χ4v) is 2.74. The SMILES string of the molecule is Cc1cc(O)cc(C)c1CCc1cn(-c2ccccc2)nn1. The number of aromatic nitrogens is 3. The number of nitrogens with zero attached hydrogens (tertiary/aromatic N) is 3. The molecule has 4 nitrogen and oxygen atoms in total. The van der Waals surface area contributed by atoms with Crippen LogP contribution in [0.4, 0.5) is 0 Å². The standard InChI is InChI=1S/C18H19N3O/c1-13-10-17(22)11-14(2)18(13)9-8-15-12-21(20-19-15)16-6-4-3-5-7-16/h3-7,10-12,22H,8-9H2,1-2H3. The van der Waals surface area contributed by atoms with Gasteiger partial charge in [-0.1, -0.05) is 23.4 Å². The quantitative estimate of drug-likeness (QED) is 0.802. The third-order valence-corrected chi connectivity index (χ3v) is 3.87. The van der Waals surface area contributed by atoms with Crippen molar-refractivity contribution in [3.8, 4) is 11.4 Å². The van der Waals surface area contributed by atoms with E-state index in [1.807, 2.05) is 62.5 Å². The number of aromatic hydroxyl groups is 1. The summed E-state index contributed by atoms with van der Waals surface area (Å²) in [4.78, 5) is 0. The van der Waals surface area contributed by atoms with E-state index < -0.39 is 0 Å². The highest BCUT2D eigenvalue weighted by Crippen LogP contribution is 2.22. The zero-order valence-electron chi connectivity index (χ0n) is 12.8. The van der Waals surface area contributed by atoms with Gasteiger partial charge >= 0.3 is 0 Å². The first kappa shape index (κ1) is 14.3. The van der Waals surface area contributed by atoms with Crippen molar-refractivity contribution in [2.24, 2.45) is 0 Å². The van der Waals surface area contributed by atoms with Crippen molar-refractivity contribution >= 4 is 0 Å². The van der Waals surface area contributed by atoms with E-state index in [-0.39, 0.29) is 0 Å². The maximum absolute atomic E-state index is 9.61. The zero-order valence-corrected chi connectivity index (χ0v) is 12.8. The Morgan fingerprint density at radius 2 is 1.68 bits per heavy atom. The Labute approximate surface area is 130 Å². The van der Waals surface area contributed by atoms with Crippen molar-refractivity contribution in [1.29, 1.82) is 0 Å². The fourth-order valence-electron chi connectivity index (χ4n) is 2.74. The maximum atomic E-state index is 9.61. The van der Waals surface area contributed by atoms with E-state index in [0.29, 0.717) is 5.75 Å². The van der Waals surface area contributed by atoms with Gasteiger partial charge in [0.2, 0.25) is 0 Å². The van der Waals surface area contributed by atoms with E-state index >= 15 is 0 Å². The van der Waals surface area contributed by atoms with Crippen LogP contribution in [0.1, 0.15) is 22.4 Å². The number of phenolic OH excluding ortho intramolecular Hbond substituents is 1. The van der Waals surface area contributed by atoms with Crippen LogP contribution < -0.4 is 0 Å². The maximum Gasteiger partial charge on any atom is 0.116 e. The van der Waals surface area contributed by atoms with E-state index in [1.54, 1.807) is 4.68 Å². The molecule has 0 radical (unpaired) electrons. The molecule has 0 spiro atoms. The van der Waals surface area contributed by atoms with E-state index in [1.165, 1.54) is 5.56 Å². The average molecular weight is 293 g/mol. The van der Waals surface area contributed by atoms with Crippen molar-refractivity contribution in [1.82, 2.24) is 15.0 Å². The lowest BCUT2D eigenvalue weighted by molar-refractivity contribution is 0.474. The molecular weight excluding hydrogens is 274 g/mol. The minimum Gasteiger partial charge on any atom is -0.508 e. The second-order valence-corrected chi connectivity index (χ2v) is 5.55. The summed E-state index contributed by atoms with van der Waals surface area (Å²) in [6.45, 7) is 4.06. The fraction of sp³-hybridized carbons (Fsp3) is 0.222. The normalized spacial score (nSPS) is 10.8. The van der Waals surface area contributed by atoms with E-state index in [9.17, 15) is 5.11 Å². The Kier molecular flexibility index (Phi) is 3.92. The minimum atomic E-state index is 0.328. The number of aryl methyl sites for hydroxylation is 3. The van der Waals surface area contributed by atoms with E-state index in [4.69, 9.17) is 0 Å². The van der Waals surface area contributed by atoms with Gasteiger partial charge in [-0.05, 0) is 67.6 Å². The number of benzene rings is 2. The lowest BCUT2D eigenvalue weighted by atomic mass is 9.97. The van der Waals surface area contributed by atoms with Crippen LogP contribution in [0, 0.1) is 13.8 Å². The van der Waals surface area contributed by atoms with Crippen molar-refractivity contribution < 1.29 is 5.11 Å². The Balaban J connectivity index is 1.74. The van der Waals surface area contributed by atoms with Crippen LogP contribution in [0.15, 0.2) is 48.7 Å². The van der Waals surface area contributed by atoms with Gasteiger partial charge in [-0.3, -0.25) is 0 Å². The third-order valence-electron chi connectivity index (χ3n) is 3.87. The molecule has 0 atom stereocenters. The van der Waals surface area contributed by atoms with Gasteiger partial charge < -0.3 is 5.11 Å². The van der Waals surface area contributed by atoms with Crippen LogP contribution in [0.2, 0.25) is 0 Å². The largest absolute Gasteiger partial charge is 0.508 e. The van der Waals surface area contributed by atoms with Gasteiger partial charge in [0.1, 0.15) is 5.75 Å². The van der Waals surface area contributed by atoms with E-state index in [2.05, 4.69) is 10.3 Å². The number of rotatable bonds is 4. The Morgan fingerprint density at radius 3 is 2.36 bits per heavy atom. The van der Waals surface area contributed by atoms with Crippen LogP contribution in [-0.2, 0) is 12.8 Å². The molecule has 0 saturated heterocycles. The van der Waals surface area contributed by atoms with Crippen molar-refractivity contribution in [3.05, 3.63) is 71.0 Å². The highest BCUT2D eigenvalue weighted by Gasteiger charge is 2.08. The first-order chi connectivity index (χ1) is 10.6. The molecule has 3 rings (SSSR count). The molecule has 0 aliphatic rings. The summed E-state index contributed by atoms with van der Waals surface area (Å²) in [6, 6.07) is 13.6. The predicted octanol–water partition coefficient (Wildman–Crippen LogP) is 3.37. The van der Waals surface area contributed by atoms with Crippen LogP contribution in [0.3, 0.4) is 0 Å². The lowest BCUT2D eigenvalue weighted by Gasteiger charge is -2.09. The molecule has 0 bridgehead atoms. The van der Waals surface area contributed by atoms with Gasteiger partial charge in [-0.2, -0.15) is 0 Å². The van der Waals surface area contributed by atoms with Gasteiger partial charge in [-0.25, -0.2) is 4.68 Å². The number of hydrogen-bond acceptors (Lipinski definition) is 3. The van der Waals surface area contributed by atoms with Crippen LogP contribution in [0.5, 0.6) is 5.75 Å². The lowest BCUT2D eigenvalue weighted by Crippen LogP contribution is -1.97. The first-order valence-electron chi connectivity index (χ1n) is 7.39. The molecule has 3 aromatic rings. The molecule has 1 aromatic heterocycles. The molecular formula is C18H19N3O. The van der Waals surface area contributed by atoms with Crippen LogP contribution in [-0.4, -0.2) is 20.1 Å². The molecule has 0 amide bonds. The molecule has 112 valence electrons. The molecule has 1 N–H and O–H groups in total. The molecule has 0 fully saturated rings. The van der Waals surface area contributed by atoms with Gasteiger partial charge in [0.15, 0.2) is 0 Å². The Morgan fingerprint density at radius 1 is 1.00 bits per heavy atom. The average Bonchev–Trinajstić information content (AvgIpc) is 2.96. The second kappa shape index (κ2) is 6.02. The molecule has 1 heterocycles. The third kappa shape index (κ3) is 3.01. The summed E-state index contributed by atoms with van der Waals surface area (Å²) in [5.41, 5.74) is 5.49. The summed E-state index contributed by atoms with van der Waals surface area (Å²) < 4.78 is 1.80. The van der Waals surface area contributed by atoms with Gasteiger partial charge in [0.05, 0.1) is 17.6 Å². The predicted molar refractivity (Wildman–Crippen MR) is 86.3 cm³/mol. The number of phenols is 1. The summed E-state index contributed by atoms with van der Waals surface area (Å²) >= 11 is 0. The summed E-state index contributed by atoms with van der Waals surface area (Å²) in [7, 11) is 0. The van der Waals surface area contributed by atoms with Crippen LogP contribution >= 0.6 is 0 Å². The van der Waals surface area contributed by atoms with Crippen molar-refractivity contribution in [2.75, 3.05) is 0 Å². The highest BCUT2D eigenvalue weighted by atomic mass is 16.3. The molecule has 2 aromatic carbocycles. The number of para-hydroxylation sites is 1. The smallest absolute Gasteiger partial charge is 0.116 e.